The van der Waals surface area contributed by atoms with E-state index in [0.717, 1.165) is 0 Å². The summed E-state index contributed by atoms with van der Waals surface area (Å²) in [7, 11) is 0. The number of nitriles is 1. The fourth-order valence-electron chi connectivity index (χ4n) is 1.73. The van der Waals surface area contributed by atoms with E-state index in [2.05, 4.69) is 26.8 Å². The molecule has 1 fully saturated rings. The molecule has 0 radical (unpaired) electrons. The van der Waals surface area contributed by atoms with E-state index in [-0.39, 0.29) is 17.1 Å². The molecule has 2 heteroatoms. The third kappa shape index (κ3) is 1.36. The van der Waals surface area contributed by atoms with Crippen LogP contribution in [0, 0.1) is 28.6 Å². The topological polar surface area (TPSA) is 40.9 Å². The fourth-order valence-corrected chi connectivity index (χ4v) is 1.73. The van der Waals surface area contributed by atoms with Crippen molar-refractivity contribution in [1.29, 1.82) is 5.26 Å². The molecule has 0 saturated heterocycles. The summed E-state index contributed by atoms with van der Waals surface area (Å²) in [4.78, 5) is 11.2. The molecule has 0 aromatic heterocycles. The lowest BCUT2D eigenvalue weighted by molar-refractivity contribution is -0.125. The van der Waals surface area contributed by atoms with Crippen LogP contribution in [0.1, 0.15) is 33.6 Å². The fraction of sp³-hybridized carbons (Fsp3) is 0.800. The Kier molecular flexibility index (Phi) is 2.23. The highest BCUT2D eigenvalue weighted by Gasteiger charge is 2.41. The smallest absolute Gasteiger partial charge is 0.134 e. The Morgan fingerprint density at radius 3 is 2.58 bits per heavy atom. The number of hydrogen-bond donors (Lipinski definition) is 0. The van der Waals surface area contributed by atoms with Gasteiger partial charge in [0.05, 0.1) is 12.0 Å². The zero-order valence-corrected chi connectivity index (χ0v) is 7.92. The van der Waals surface area contributed by atoms with E-state index in [9.17, 15) is 4.79 Å². The predicted molar refractivity (Wildman–Crippen MR) is 46.3 cm³/mol. The number of rotatable bonds is 0. The average molecular weight is 165 g/mol. The zero-order valence-electron chi connectivity index (χ0n) is 7.92. The molecular weight excluding hydrogens is 150 g/mol. The molecular formula is C10H15NO. The second kappa shape index (κ2) is 2.90. The van der Waals surface area contributed by atoms with Gasteiger partial charge >= 0.3 is 0 Å². The van der Waals surface area contributed by atoms with Gasteiger partial charge in [0.1, 0.15) is 5.78 Å². The normalized spacial score (nSPS) is 34.3. The predicted octanol–water partition coefficient (Wildman–Crippen LogP) is 2.15. The first-order valence-electron chi connectivity index (χ1n) is 4.39. The van der Waals surface area contributed by atoms with Crippen molar-refractivity contribution in [3.05, 3.63) is 0 Å². The minimum absolute atomic E-state index is 0.00264. The Labute approximate surface area is 73.6 Å². The summed E-state index contributed by atoms with van der Waals surface area (Å²) in [6.07, 6.45) is 1.10. The van der Waals surface area contributed by atoms with E-state index in [1.165, 1.54) is 0 Å². The minimum Gasteiger partial charge on any atom is -0.300 e. The summed E-state index contributed by atoms with van der Waals surface area (Å²) >= 11 is 0. The van der Waals surface area contributed by atoms with Crippen molar-refractivity contribution in [3.8, 4) is 6.07 Å². The van der Waals surface area contributed by atoms with Crippen molar-refractivity contribution < 1.29 is 4.79 Å². The maximum atomic E-state index is 11.2. The lowest BCUT2D eigenvalue weighted by Crippen LogP contribution is -2.37. The molecule has 2 unspecified atom stereocenters. The molecule has 1 rings (SSSR count). The van der Waals surface area contributed by atoms with Crippen LogP contribution in [0.2, 0.25) is 0 Å². The number of hydrogen-bond acceptors (Lipinski definition) is 2. The van der Waals surface area contributed by atoms with Gasteiger partial charge in [-0.25, -0.2) is 0 Å². The maximum absolute atomic E-state index is 11.2. The molecule has 0 amide bonds. The van der Waals surface area contributed by atoms with E-state index < -0.39 is 0 Å². The zero-order chi connectivity index (χ0) is 9.35. The highest BCUT2D eigenvalue weighted by Crippen LogP contribution is 2.42. The Bertz CT molecular complexity index is 237. The summed E-state index contributed by atoms with van der Waals surface area (Å²) in [5.41, 5.74) is 0.00264. The SMILES string of the molecule is CC1CC(=O)CC(C#N)C1(C)C. The molecule has 0 aromatic carbocycles. The molecule has 1 saturated carbocycles. The Morgan fingerprint density at radius 1 is 1.50 bits per heavy atom. The van der Waals surface area contributed by atoms with Crippen molar-refractivity contribution >= 4 is 5.78 Å². The second-order valence-electron chi connectivity index (χ2n) is 4.35. The van der Waals surface area contributed by atoms with Gasteiger partial charge < -0.3 is 0 Å². The summed E-state index contributed by atoms with van der Waals surface area (Å²) in [6.45, 7) is 6.22. The molecule has 66 valence electrons. The molecule has 2 atom stereocenters. The first-order valence-corrected chi connectivity index (χ1v) is 4.39. The number of Topliss-reactive ketones (excluding diaryl/α,β-unsaturated/α-hetero) is 1. The highest BCUT2D eigenvalue weighted by molar-refractivity contribution is 5.80. The average Bonchev–Trinajstić information content (AvgIpc) is 1.97. The monoisotopic (exact) mass is 165 g/mol. The van der Waals surface area contributed by atoms with E-state index >= 15 is 0 Å². The van der Waals surface area contributed by atoms with Crippen molar-refractivity contribution in [2.75, 3.05) is 0 Å². The van der Waals surface area contributed by atoms with Crippen LogP contribution >= 0.6 is 0 Å². The molecule has 0 aromatic rings. The largest absolute Gasteiger partial charge is 0.300 e. The molecule has 0 heterocycles. The lowest BCUT2D eigenvalue weighted by atomic mass is 9.63. The molecule has 12 heavy (non-hydrogen) atoms. The van der Waals surface area contributed by atoms with Crippen LogP contribution in [-0.2, 0) is 4.79 Å². The Balaban J connectivity index is 2.87. The Hall–Kier alpha value is -0.840. The summed E-state index contributed by atoms with van der Waals surface area (Å²) in [6, 6.07) is 2.23. The van der Waals surface area contributed by atoms with Crippen molar-refractivity contribution in [2.24, 2.45) is 17.3 Å². The lowest BCUT2D eigenvalue weighted by Gasteiger charge is -2.39. The van der Waals surface area contributed by atoms with Gasteiger partial charge in [0.25, 0.3) is 0 Å². The maximum Gasteiger partial charge on any atom is 0.134 e. The van der Waals surface area contributed by atoms with Gasteiger partial charge in [-0.1, -0.05) is 20.8 Å². The molecule has 0 spiro atoms. The van der Waals surface area contributed by atoms with Crippen LogP contribution in [0.5, 0.6) is 0 Å². The molecule has 0 bridgehead atoms. The van der Waals surface area contributed by atoms with Crippen molar-refractivity contribution in [2.45, 2.75) is 33.6 Å². The molecule has 1 aliphatic rings. The van der Waals surface area contributed by atoms with Crippen LogP contribution in [0.15, 0.2) is 0 Å². The van der Waals surface area contributed by atoms with E-state index in [1.54, 1.807) is 0 Å². The van der Waals surface area contributed by atoms with E-state index in [4.69, 9.17) is 5.26 Å². The van der Waals surface area contributed by atoms with Gasteiger partial charge in [0.2, 0.25) is 0 Å². The molecule has 1 aliphatic carbocycles. The van der Waals surface area contributed by atoms with Crippen LogP contribution in [0.3, 0.4) is 0 Å². The van der Waals surface area contributed by atoms with Gasteiger partial charge in [-0.3, -0.25) is 4.79 Å². The van der Waals surface area contributed by atoms with E-state index in [1.807, 2.05) is 0 Å². The third-order valence-corrected chi connectivity index (χ3v) is 3.29. The van der Waals surface area contributed by atoms with Gasteiger partial charge in [-0.05, 0) is 11.3 Å². The van der Waals surface area contributed by atoms with Crippen molar-refractivity contribution in [3.63, 3.8) is 0 Å². The first-order chi connectivity index (χ1) is 5.48. The quantitative estimate of drug-likeness (QED) is 0.551. The summed E-state index contributed by atoms with van der Waals surface area (Å²) in [5, 5.41) is 8.86. The van der Waals surface area contributed by atoms with Gasteiger partial charge in [-0.15, -0.1) is 0 Å². The summed E-state index contributed by atoms with van der Waals surface area (Å²) in [5.74, 6) is 0.491. The second-order valence-corrected chi connectivity index (χ2v) is 4.35. The van der Waals surface area contributed by atoms with E-state index in [0.29, 0.717) is 18.8 Å². The Morgan fingerprint density at radius 2 is 2.08 bits per heavy atom. The number of ketones is 1. The number of nitrogens with zero attached hydrogens (tertiary/aromatic N) is 1. The highest BCUT2D eigenvalue weighted by atomic mass is 16.1. The van der Waals surface area contributed by atoms with Gasteiger partial charge in [0, 0.05) is 12.8 Å². The number of carbonyl (C=O) groups is 1. The van der Waals surface area contributed by atoms with Crippen molar-refractivity contribution in [1.82, 2.24) is 0 Å². The first kappa shape index (κ1) is 9.25. The minimum atomic E-state index is -0.0891. The van der Waals surface area contributed by atoms with Crippen LogP contribution in [0.4, 0.5) is 0 Å². The third-order valence-electron chi connectivity index (χ3n) is 3.29. The summed E-state index contributed by atoms with van der Waals surface area (Å²) < 4.78 is 0. The number of carbonyl (C=O) groups excluding carboxylic acids is 1. The van der Waals surface area contributed by atoms with Crippen LogP contribution in [-0.4, -0.2) is 5.78 Å². The van der Waals surface area contributed by atoms with Gasteiger partial charge in [0.15, 0.2) is 0 Å². The van der Waals surface area contributed by atoms with Gasteiger partial charge in [-0.2, -0.15) is 5.26 Å². The molecule has 0 N–H and O–H groups in total. The standard InChI is InChI=1S/C10H15NO/c1-7-4-9(12)5-8(6-11)10(7,2)3/h7-8H,4-5H2,1-3H3. The molecule has 0 aliphatic heterocycles. The van der Waals surface area contributed by atoms with Crippen LogP contribution in [0.25, 0.3) is 0 Å². The molecule has 2 nitrogen and oxygen atoms in total. The van der Waals surface area contributed by atoms with Crippen LogP contribution < -0.4 is 0 Å².